The molecule has 26 heavy (non-hydrogen) atoms. The van der Waals surface area contributed by atoms with Crippen molar-refractivity contribution in [1.82, 2.24) is 9.38 Å². The lowest BCUT2D eigenvalue weighted by molar-refractivity contribution is -0.145. The second-order valence-corrected chi connectivity index (χ2v) is 5.94. The van der Waals surface area contributed by atoms with E-state index < -0.39 is 0 Å². The predicted molar refractivity (Wildman–Crippen MR) is 97.3 cm³/mol. The molecule has 0 radical (unpaired) electrons. The fourth-order valence-electron chi connectivity index (χ4n) is 2.76. The van der Waals surface area contributed by atoms with E-state index in [1.807, 2.05) is 37.3 Å². The van der Waals surface area contributed by atoms with Crippen molar-refractivity contribution >= 4 is 11.6 Å². The smallest absolute Gasteiger partial charge is 0.306 e. The molecule has 134 valence electrons. The molecule has 3 aromatic rings. The van der Waals surface area contributed by atoms with E-state index >= 15 is 0 Å². The van der Waals surface area contributed by atoms with Crippen LogP contribution in [0.1, 0.15) is 23.2 Å². The lowest BCUT2D eigenvalue weighted by atomic mass is 10.1. The predicted octanol–water partition coefficient (Wildman–Crippen LogP) is 2.69. The molecule has 3 rings (SSSR count). The van der Waals surface area contributed by atoms with E-state index in [4.69, 9.17) is 9.47 Å². The Morgan fingerprint density at radius 1 is 1.19 bits per heavy atom. The van der Waals surface area contributed by atoms with E-state index in [2.05, 4.69) is 4.98 Å². The van der Waals surface area contributed by atoms with Gasteiger partial charge < -0.3 is 9.47 Å². The van der Waals surface area contributed by atoms with Gasteiger partial charge in [0.25, 0.3) is 5.56 Å². The van der Waals surface area contributed by atoms with Crippen LogP contribution in [0.2, 0.25) is 0 Å². The molecule has 0 saturated carbocycles. The van der Waals surface area contributed by atoms with Crippen LogP contribution >= 0.6 is 0 Å². The molecule has 6 heteroatoms. The Kier molecular flexibility index (Phi) is 5.31. The number of benzene rings is 1. The largest absolute Gasteiger partial charge is 0.496 e. The number of rotatable bonds is 6. The van der Waals surface area contributed by atoms with Crippen LogP contribution in [0.4, 0.5) is 0 Å². The number of hydrogen-bond acceptors (Lipinski definition) is 5. The average Bonchev–Trinajstić information content (AvgIpc) is 2.65. The van der Waals surface area contributed by atoms with Gasteiger partial charge in [0.2, 0.25) is 0 Å². The monoisotopic (exact) mass is 352 g/mol. The lowest BCUT2D eigenvalue weighted by Gasteiger charge is -2.09. The van der Waals surface area contributed by atoms with E-state index in [1.165, 1.54) is 10.5 Å². The Labute approximate surface area is 151 Å². The second kappa shape index (κ2) is 7.82. The number of aryl methyl sites for hydroxylation is 2. The summed E-state index contributed by atoms with van der Waals surface area (Å²) in [6.07, 6.45) is 2.42. The first kappa shape index (κ1) is 17.7. The highest BCUT2D eigenvalue weighted by Crippen LogP contribution is 2.19. The Morgan fingerprint density at radius 2 is 2.00 bits per heavy atom. The van der Waals surface area contributed by atoms with E-state index in [-0.39, 0.29) is 24.6 Å². The Hall–Kier alpha value is -3.15. The summed E-state index contributed by atoms with van der Waals surface area (Å²) in [5, 5.41) is 0. The maximum atomic E-state index is 12.1. The first-order valence-electron chi connectivity index (χ1n) is 8.34. The number of ether oxygens (including phenoxy) is 2. The highest BCUT2D eigenvalue weighted by atomic mass is 16.5. The number of hydrogen-bond donors (Lipinski definition) is 0. The Morgan fingerprint density at radius 3 is 2.81 bits per heavy atom. The molecular formula is C20H20N2O4. The van der Waals surface area contributed by atoms with Crippen molar-refractivity contribution < 1.29 is 14.3 Å². The Balaban J connectivity index is 1.64. The third-order valence-corrected chi connectivity index (χ3v) is 4.11. The summed E-state index contributed by atoms with van der Waals surface area (Å²) in [4.78, 5) is 28.6. The maximum Gasteiger partial charge on any atom is 0.306 e. The number of methoxy groups -OCH3 is 1. The summed E-state index contributed by atoms with van der Waals surface area (Å²) in [5.41, 5.74) is 2.65. The van der Waals surface area contributed by atoms with E-state index in [1.54, 1.807) is 19.4 Å². The fraction of sp³-hybridized carbons (Fsp3) is 0.250. The summed E-state index contributed by atoms with van der Waals surface area (Å²) >= 11 is 0. The SMILES string of the molecule is COc1ccccc1CCC(=O)OCc1cc(=O)n2cccc(C)c2n1. The van der Waals surface area contributed by atoms with Gasteiger partial charge in [-0.1, -0.05) is 24.3 Å². The normalized spacial score (nSPS) is 10.7. The van der Waals surface area contributed by atoms with Crippen molar-refractivity contribution in [3.8, 4) is 5.75 Å². The molecule has 1 aromatic carbocycles. The van der Waals surface area contributed by atoms with Crippen molar-refractivity contribution in [2.24, 2.45) is 0 Å². The minimum Gasteiger partial charge on any atom is -0.496 e. The van der Waals surface area contributed by atoms with Crippen molar-refractivity contribution in [3.63, 3.8) is 0 Å². The van der Waals surface area contributed by atoms with Gasteiger partial charge in [-0.15, -0.1) is 0 Å². The second-order valence-electron chi connectivity index (χ2n) is 5.94. The number of nitrogens with zero attached hydrogens (tertiary/aromatic N) is 2. The summed E-state index contributed by atoms with van der Waals surface area (Å²) in [5.74, 6) is 0.405. The highest BCUT2D eigenvalue weighted by Gasteiger charge is 2.10. The number of carbonyl (C=O) groups excluding carboxylic acids is 1. The molecule has 0 spiro atoms. The average molecular weight is 352 g/mol. The van der Waals surface area contributed by atoms with Gasteiger partial charge in [0.05, 0.1) is 12.8 Å². The lowest BCUT2D eigenvalue weighted by Crippen LogP contribution is -2.17. The van der Waals surface area contributed by atoms with Crippen LogP contribution in [-0.4, -0.2) is 22.5 Å². The van der Waals surface area contributed by atoms with Gasteiger partial charge in [0.1, 0.15) is 18.0 Å². The minimum atomic E-state index is -0.345. The molecule has 0 aliphatic rings. The standard InChI is InChI=1S/C20H20N2O4/c1-14-6-5-11-22-18(23)12-16(21-20(14)22)13-26-19(24)10-9-15-7-3-4-8-17(15)25-2/h3-8,11-12H,9-10,13H2,1-2H3. The van der Waals surface area contributed by atoms with E-state index in [9.17, 15) is 9.59 Å². The van der Waals surface area contributed by atoms with Gasteiger partial charge in [-0.05, 0) is 36.6 Å². The molecule has 6 nitrogen and oxygen atoms in total. The molecule has 0 aliphatic heterocycles. The van der Waals surface area contributed by atoms with Crippen LogP contribution in [0, 0.1) is 6.92 Å². The number of para-hydroxylation sites is 1. The van der Waals surface area contributed by atoms with Crippen molar-refractivity contribution in [1.29, 1.82) is 0 Å². The van der Waals surface area contributed by atoms with Gasteiger partial charge in [-0.25, -0.2) is 4.98 Å². The van der Waals surface area contributed by atoms with Crippen LogP contribution in [0.5, 0.6) is 5.75 Å². The number of aromatic nitrogens is 2. The molecule has 0 N–H and O–H groups in total. The third-order valence-electron chi connectivity index (χ3n) is 4.11. The first-order valence-corrected chi connectivity index (χ1v) is 8.34. The molecule has 2 aromatic heterocycles. The van der Waals surface area contributed by atoms with E-state index in [0.717, 1.165) is 16.9 Å². The summed E-state index contributed by atoms with van der Waals surface area (Å²) < 4.78 is 12.0. The summed E-state index contributed by atoms with van der Waals surface area (Å²) in [7, 11) is 1.60. The highest BCUT2D eigenvalue weighted by molar-refractivity contribution is 5.69. The quantitative estimate of drug-likeness (QED) is 0.638. The molecule has 0 unspecified atom stereocenters. The fourth-order valence-corrected chi connectivity index (χ4v) is 2.76. The molecule has 0 atom stereocenters. The van der Waals surface area contributed by atoms with E-state index in [0.29, 0.717) is 17.8 Å². The van der Waals surface area contributed by atoms with Gasteiger partial charge in [-0.3, -0.25) is 14.0 Å². The molecule has 0 bridgehead atoms. The van der Waals surface area contributed by atoms with Gasteiger partial charge in [-0.2, -0.15) is 0 Å². The zero-order chi connectivity index (χ0) is 18.5. The number of fused-ring (bicyclic) bond motifs is 1. The Bertz CT molecular complexity index is 995. The maximum absolute atomic E-state index is 12.1. The van der Waals surface area contributed by atoms with Gasteiger partial charge >= 0.3 is 5.97 Å². The topological polar surface area (TPSA) is 69.9 Å². The molecule has 0 amide bonds. The third kappa shape index (κ3) is 3.91. The number of pyridine rings is 1. The van der Waals surface area contributed by atoms with Gasteiger partial charge in [0.15, 0.2) is 0 Å². The van der Waals surface area contributed by atoms with Crippen molar-refractivity contribution in [3.05, 3.63) is 75.8 Å². The number of carbonyl (C=O) groups is 1. The zero-order valence-corrected chi connectivity index (χ0v) is 14.8. The van der Waals surface area contributed by atoms with Crippen molar-refractivity contribution in [2.45, 2.75) is 26.4 Å². The first-order chi connectivity index (χ1) is 12.6. The summed E-state index contributed by atoms with van der Waals surface area (Å²) in [6, 6.07) is 12.6. The minimum absolute atomic E-state index is 0.0230. The van der Waals surface area contributed by atoms with Crippen molar-refractivity contribution in [2.75, 3.05) is 7.11 Å². The molecule has 0 aliphatic carbocycles. The van der Waals surface area contributed by atoms with Crippen LogP contribution in [0.15, 0.2) is 53.5 Å². The number of esters is 1. The molecule has 0 fully saturated rings. The molecular weight excluding hydrogens is 332 g/mol. The van der Waals surface area contributed by atoms with Gasteiger partial charge in [0, 0.05) is 18.7 Å². The van der Waals surface area contributed by atoms with Crippen LogP contribution in [-0.2, 0) is 22.6 Å². The molecule has 0 saturated heterocycles. The summed E-state index contributed by atoms with van der Waals surface area (Å²) in [6.45, 7) is 1.86. The van der Waals surface area contributed by atoms with Crippen LogP contribution in [0.25, 0.3) is 5.65 Å². The van der Waals surface area contributed by atoms with Crippen LogP contribution < -0.4 is 10.3 Å². The molecule has 2 heterocycles. The van der Waals surface area contributed by atoms with Crippen LogP contribution in [0.3, 0.4) is 0 Å². The zero-order valence-electron chi connectivity index (χ0n) is 14.8.